The molecule has 0 spiro atoms. The molecule has 74 valence electrons. The lowest BCUT2D eigenvalue weighted by Crippen LogP contribution is -2.45. The molecule has 2 heteroatoms. The van der Waals surface area contributed by atoms with Crippen molar-refractivity contribution in [3.63, 3.8) is 0 Å². The van der Waals surface area contributed by atoms with Crippen molar-refractivity contribution in [3.8, 4) is 0 Å². The smallest absolute Gasteiger partial charge is 0.0905 e. The minimum absolute atomic E-state index is 0.0950. The number of aliphatic hydroxyl groups is 1. The molecule has 0 fully saturated rings. The summed E-state index contributed by atoms with van der Waals surface area (Å²) in [6.07, 6.45) is 1.90. The molecule has 0 heterocycles. The molecule has 2 unspecified atom stereocenters. The first-order valence-electron chi connectivity index (χ1n) is 4.75. The van der Waals surface area contributed by atoms with Crippen molar-refractivity contribution in [2.75, 3.05) is 7.11 Å². The van der Waals surface area contributed by atoms with Crippen LogP contribution in [0.1, 0.15) is 40.5 Å². The summed E-state index contributed by atoms with van der Waals surface area (Å²) in [4.78, 5) is 0. The summed E-state index contributed by atoms with van der Waals surface area (Å²) in [5.74, 6) is 0.326. The molecule has 0 rings (SSSR count). The van der Waals surface area contributed by atoms with Crippen molar-refractivity contribution in [2.24, 2.45) is 5.92 Å². The van der Waals surface area contributed by atoms with E-state index in [9.17, 15) is 5.11 Å². The number of rotatable bonds is 5. The predicted molar refractivity (Wildman–Crippen MR) is 51.2 cm³/mol. The summed E-state index contributed by atoms with van der Waals surface area (Å²) >= 11 is 0. The van der Waals surface area contributed by atoms with Crippen LogP contribution in [0.15, 0.2) is 0 Å². The third kappa shape index (κ3) is 2.46. The maximum Gasteiger partial charge on any atom is 0.0905 e. The molecule has 0 amide bonds. The molecule has 12 heavy (non-hydrogen) atoms. The molecule has 0 aliphatic carbocycles. The van der Waals surface area contributed by atoms with E-state index in [0.717, 1.165) is 12.8 Å². The van der Waals surface area contributed by atoms with Crippen LogP contribution in [0, 0.1) is 5.92 Å². The summed E-state index contributed by atoms with van der Waals surface area (Å²) in [5.41, 5.74) is -0.696. The van der Waals surface area contributed by atoms with Gasteiger partial charge in [0.25, 0.3) is 0 Å². The zero-order valence-electron chi connectivity index (χ0n) is 8.92. The molecule has 2 atom stereocenters. The highest BCUT2D eigenvalue weighted by molar-refractivity contribution is 4.86. The second kappa shape index (κ2) is 4.83. The van der Waals surface area contributed by atoms with E-state index in [0.29, 0.717) is 5.92 Å². The largest absolute Gasteiger partial charge is 0.387 e. The van der Waals surface area contributed by atoms with Gasteiger partial charge in [-0.05, 0) is 19.8 Å². The molecule has 0 aliphatic heterocycles. The van der Waals surface area contributed by atoms with Gasteiger partial charge in [-0.1, -0.05) is 26.7 Å². The average molecular weight is 174 g/mol. The Balaban J connectivity index is 4.33. The maximum atomic E-state index is 10.1. The first-order valence-corrected chi connectivity index (χ1v) is 4.75. The monoisotopic (exact) mass is 174 g/mol. The molecule has 0 saturated heterocycles. The first-order chi connectivity index (χ1) is 5.50. The van der Waals surface area contributed by atoms with Crippen molar-refractivity contribution >= 4 is 0 Å². The van der Waals surface area contributed by atoms with E-state index < -0.39 is 5.60 Å². The lowest BCUT2D eigenvalue weighted by atomic mass is 9.81. The van der Waals surface area contributed by atoms with Gasteiger partial charge in [0.05, 0.1) is 11.7 Å². The molecule has 2 nitrogen and oxygen atoms in total. The highest BCUT2D eigenvalue weighted by atomic mass is 16.5. The summed E-state index contributed by atoms with van der Waals surface area (Å²) in [7, 11) is 1.64. The molecule has 0 radical (unpaired) electrons. The molecule has 0 aromatic heterocycles. The maximum absolute atomic E-state index is 10.1. The van der Waals surface area contributed by atoms with Gasteiger partial charge in [0.2, 0.25) is 0 Å². The van der Waals surface area contributed by atoms with Crippen LogP contribution in [0.4, 0.5) is 0 Å². The Hall–Kier alpha value is -0.0800. The van der Waals surface area contributed by atoms with Crippen molar-refractivity contribution in [1.82, 2.24) is 0 Å². The second-order valence-corrected chi connectivity index (χ2v) is 3.62. The van der Waals surface area contributed by atoms with Gasteiger partial charge in [-0.15, -0.1) is 0 Å². The fourth-order valence-electron chi connectivity index (χ4n) is 1.69. The normalized spacial score (nSPS) is 19.2. The zero-order chi connectivity index (χ0) is 9.78. The minimum Gasteiger partial charge on any atom is -0.387 e. The fourth-order valence-corrected chi connectivity index (χ4v) is 1.69. The van der Waals surface area contributed by atoms with E-state index in [-0.39, 0.29) is 6.10 Å². The van der Waals surface area contributed by atoms with Crippen molar-refractivity contribution < 1.29 is 9.84 Å². The Labute approximate surface area is 75.9 Å². The minimum atomic E-state index is -0.696. The summed E-state index contributed by atoms with van der Waals surface area (Å²) in [6.45, 7) is 7.98. The van der Waals surface area contributed by atoms with E-state index in [1.807, 2.05) is 13.8 Å². The van der Waals surface area contributed by atoms with Crippen LogP contribution in [-0.2, 0) is 4.74 Å². The van der Waals surface area contributed by atoms with E-state index in [2.05, 4.69) is 13.8 Å². The topological polar surface area (TPSA) is 29.5 Å². The second-order valence-electron chi connectivity index (χ2n) is 3.62. The Morgan fingerprint density at radius 1 is 1.33 bits per heavy atom. The quantitative estimate of drug-likeness (QED) is 0.692. The van der Waals surface area contributed by atoms with Crippen molar-refractivity contribution in [2.45, 2.75) is 52.2 Å². The Bertz CT molecular complexity index is 117. The lowest BCUT2D eigenvalue weighted by Gasteiger charge is -2.36. The van der Waals surface area contributed by atoms with Crippen molar-refractivity contribution in [1.29, 1.82) is 0 Å². The van der Waals surface area contributed by atoms with Gasteiger partial charge in [-0.25, -0.2) is 0 Å². The van der Waals surface area contributed by atoms with Crippen LogP contribution < -0.4 is 0 Å². The Morgan fingerprint density at radius 2 is 1.75 bits per heavy atom. The number of hydrogen-bond donors (Lipinski definition) is 1. The molecule has 0 aromatic rings. The van der Waals surface area contributed by atoms with Gasteiger partial charge in [-0.2, -0.15) is 0 Å². The van der Waals surface area contributed by atoms with Crippen LogP contribution >= 0.6 is 0 Å². The molecular weight excluding hydrogens is 152 g/mol. The molecular formula is C10H22O2. The first kappa shape index (κ1) is 11.9. The van der Waals surface area contributed by atoms with Gasteiger partial charge in [0.15, 0.2) is 0 Å². The van der Waals surface area contributed by atoms with E-state index in [1.165, 1.54) is 0 Å². The van der Waals surface area contributed by atoms with Gasteiger partial charge < -0.3 is 9.84 Å². The van der Waals surface area contributed by atoms with E-state index >= 15 is 0 Å². The predicted octanol–water partition coefficient (Wildman–Crippen LogP) is 2.21. The number of ether oxygens (including phenoxy) is 1. The van der Waals surface area contributed by atoms with Crippen LogP contribution in [0.25, 0.3) is 0 Å². The third-order valence-electron chi connectivity index (χ3n) is 2.99. The highest BCUT2D eigenvalue weighted by Crippen LogP contribution is 2.28. The summed E-state index contributed by atoms with van der Waals surface area (Å²) in [6, 6.07) is 0. The summed E-state index contributed by atoms with van der Waals surface area (Å²) < 4.78 is 5.15. The standard InChI is InChI=1S/C10H22O2/c1-6-9(7-2)10(4,11)8(3)12-5/h8-9,11H,6-7H2,1-5H3. The number of methoxy groups -OCH3 is 1. The van der Waals surface area contributed by atoms with Crippen LogP contribution in [0.3, 0.4) is 0 Å². The SMILES string of the molecule is CCC(CC)C(C)(O)C(C)OC. The van der Waals surface area contributed by atoms with Crippen LogP contribution in [0.5, 0.6) is 0 Å². The van der Waals surface area contributed by atoms with Crippen molar-refractivity contribution in [3.05, 3.63) is 0 Å². The molecule has 0 aliphatic rings. The Morgan fingerprint density at radius 3 is 2.00 bits per heavy atom. The molecule has 0 aromatic carbocycles. The molecule has 0 bridgehead atoms. The van der Waals surface area contributed by atoms with Crippen LogP contribution in [-0.4, -0.2) is 23.9 Å². The summed E-state index contributed by atoms with van der Waals surface area (Å²) in [5, 5.41) is 10.1. The third-order valence-corrected chi connectivity index (χ3v) is 2.99. The molecule has 1 N–H and O–H groups in total. The van der Waals surface area contributed by atoms with E-state index in [1.54, 1.807) is 7.11 Å². The fraction of sp³-hybridized carbons (Fsp3) is 1.00. The zero-order valence-corrected chi connectivity index (χ0v) is 8.92. The van der Waals surface area contributed by atoms with Gasteiger partial charge in [-0.3, -0.25) is 0 Å². The number of hydrogen-bond acceptors (Lipinski definition) is 2. The van der Waals surface area contributed by atoms with Crippen LogP contribution in [0.2, 0.25) is 0 Å². The Kier molecular flexibility index (Phi) is 4.80. The lowest BCUT2D eigenvalue weighted by molar-refractivity contribution is -0.110. The van der Waals surface area contributed by atoms with Gasteiger partial charge in [0.1, 0.15) is 0 Å². The van der Waals surface area contributed by atoms with Gasteiger partial charge in [0, 0.05) is 7.11 Å². The average Bonchev–Trinajstić information content (AvgIpc) is 2.04. The highest BCUT2D eigenvalue weighted by Gasteiger charge is 2.35. The van der Waals surface area contributed by atoms with E-state index in [4.69, 9.17) is 4.74 Å². The molecule has 0 saturated carbocycles. The van der Waals surface area contributed by atoms with Gasteiger partial charge >= 0.3 is 0 Å².